The third-order valence-corrected chi connectivity index (χ3v) is 3.26. The number of nitrogens with one attached hydrogen (secondary N) is 1. The van der Waals surface area contributed by atoms with Crippen molar-refractivity contribution in [3.63, 3.8) is 0 Å². The number of carbonyl (C=O) groups is 1. The van der Waals surface area contributed by atoms with E-state index >= 15 is 0 Å². The summed E-state index contributed by atoms with van der Waals surface area (Å²) in [5, 5.41) is 13.4. The van der Waals surface area contributed by atoms with Gasteiger partial charge in [0.1, 0.15) is 0 Å². The molecule has 0 aliphatic rings. The van der Waals surface area contributed by atoms with Crippen LogP contribution in [0.5, 0.6) is 0 Å². The Morgan fingerprint density at radius 3 is 2.73 bits per heavy atom. The average Bonchev–Trinajstić information content (AvgIpc) is 3.03. The molecular weight excluding hydrogens is 284 g/mol. The minimum Gasteiger partial charge on any atom is -0.356 e. The second kappa shape index (κ2) is 7.92. The Bertz CT molecular complexity index is 608. The summed E-state index contributed by atoms with van der Waals surface area (Å²) < 4.78 is 1.96. The van der Waals surface area contributed by atoms with Crippen molar-refractivity contribution in [1.29, 1.82) is 0 Å². The van der Waals surface area contributed by atoms with Crippen molar-refractivity contribution in [2.75, 3.05) is 6.54 Å². The van der Waals surface area contributed by atoms with E-state index in [1.807, 2.05) is 10.8 Å². The fourth-order valence-corrected chi connectivity index (χ4v) is 2.04. The normalized spacial score (nSPS) is 10.4. The summed E-state index contributed by atoms with van der Waals surface area (Å²) in [6.07, 6.45) is 7.16. The molecule has 1 amide bonds. The molecule has 2 aromatic rings. The van der Waals surface area contributed by atoms with Crippen LogP contribution in [0.25, 0.3) is 0 Å². The molecule has 0 unspecified atom stereocenters. The molecule has 7 heteroatoms. The molecule has 22 heavy (non-hydrogen) atoms. The molecule has 7 nitrogen and oxygen atoms in total. The van der Waals surface area contributed by atoms with Gasteiger partial charge in [0.25, 0.3) is 5.69 Å². The molecule has 0 aliphatic carbocycles. The molecule has 0 aliphatic heterocycles. The topological polar surface area (TPSA) is 90.1 Å². The molecule has 0 spiro atoms. The first-order valence-corrected chi connectivity index (χ1v) is 7.11. The lowest BCUT2D eigenvalue weighted by Gasteiger charge is -2.06. The van der Waals surface area contributed by atoms with Crippen LogP contribution >= 0.6 is 0 Å². The van der Waals surface area contributed by atoms with Gasteiger partial charge in [0.2, 0.25) is 5.91 Å². The number of nitrogens with zero attached hydrogens (tertiary/aromatic N) is 3. The predicted octanol–water partition coefficient (Wildman–Crippen LogP) is 1.93. The minimum atomic E-state index is -0.434. The van der Waals surface area contributed by atoms with Gasteiger partial charge in [-0.05, 0) is 18.4 Å². The number of hydrogen-bond donors (Lipinski definition) is 1. The van der Waals surface area contributed by atoms with E-state index in [-0.39, 0.29) is 11.6 Å². The summed E-state index contributed by atoms with van der Waals surface area (Å²) >= 11 is 0. The van der Waals surface area contributed by atoms with Crippen LogP contribution in [0.15, 0.2) is 43.0 Å². The highest BCUT2D eigenvalue weighted by Gasteiger charge is 2.05. The van der Waals surface area contributed by atoms with Gasteiger partial charge in [0.05, 0.1) is 11.3 Å². The lowest BCUT2D eigenvalue weighted by Crippen LogP contribution is -2.25. The number of aryl methyl sites for hydroxylation is 2. The van der Waals surface area contributed by atoms with Crippen LogP contribution < -0.4 is 5.32 Å². The zero-order chi connectivity index (χ0) is 15.8. The molecule has 0 atom stereocenters. The molecular formula is C15H18N4O3. The maximum atomic E-state index is 11.7. The lowest BCUT2D eigenvalue weighted by molar-refractivity contribution is -0.384. The molecule has 1 aromatic carbocycles. The third-order valence-electron chi connectivity index (χ3n) is 3.26. The quantitative estimate of drug-likeness (QED) is 0.458. The van der Waals surface area contributed by atoms with Gasteiger partial charge >= 0.3 is 0 Å². The van der Waals surface area contributed by atoms with Gasteiger partial charge < -0.3 is 9.88 Å². The number of benzene rings is 1. The number of aromatic nitrogens is 2. The largest absolute Gasteiger partial charge is 0.356 e. The number of nitro groups is 1. The molecule has 0 bridgehead atoms. The Hall–Kier alpha value is -2.70. The van der Waals surface area contributed by atoms with Gasteiger partial charge in [0.15, 0.2) is 0 Å². The zero-order valence-electron chi connectivity index (χ0n) is 12.1. The first-order chi connectivity index (χ1) is 10.6. The Labute approximate surface area is 128 Å². The number of nitro benzene ring substituents is 1. The summed E-state index contributed by atoms with van der Waals surface area (Å²) in [7, 11) is 0. The molecule has 116 valence electrons. The highest BCUT2D eigenvalue weighted by molar-refractivity contribution is 5.76. The van der Waals surface area contributed by atoms with Crippen molar-refractivity contribution in [3.05, 3.63) is 58.7 Å². The van der Waals surface area contributed by atoms with Crippen LogP contribution in [-0.2, 0) is 17.8 Å². The Morgan fingerprint density at radius 1 is 1.32 bits per heavy atom. The van der Waals surface area contributed by atoms with Gasteiger partial charge in [-0.25, -0.2) is 4.98 Å². The van der Waals surface area contributed by atoms with Gasteiger partial charge in [-0.3, -0.25) is 14.9 Å². The molecule has 0 saturated heterocycles. The zero-order valence-corrected chi connectivity index (χ0v) is 12.1. The maximum absolute atomic E-state index is 11.7. The molecule has 0 saturated carbocycles. The number of carbonyl (C=O) groups excluding carboxylic acids is 1. The summed E-state index contributed by atoms with van der Waals surface area (Å²) in [5.41, 5.74) is 0.979. The van der Waals surface area contributed by atoms with Crippen molar-refractivity contribution in [2.24, 2.45) is 0 Å². The number of hydrogen-bond acceptors (Lipinski definition) is 4. The van der Waals surface area contributed by atoms with E-state index in [1.54, 1.807) is 24.7 Å². The van der Waals surface area contributed by atoms with E-state index in [9.17, 15) is 14.9 Å². The van der Waals surface area contributed by atoms with Crippen LogP contribution in [0.1, 0.15) is 18.4 Å². The van der Waals surface area contributed by atoms with Gasteiger partial charge in [-0.1, -0.05) is 12.1 Å². The Morgan fingerprint density at radius 2 is 2.09 bits per heavy atom. The predicted molar refractivity (Wildman–Crippen MR) is 81.3 cm³/mol. The van der Waals surface area contributed by atoms with Crippen molar-refractivity contribution in [2.45, 2.75) is 25.8 Å². The van der Waals surface area contributed by atoms with Gasteiger partial charge in [-0.2, -0.15) is 0 Å². The lowest BCUT2D eigenvalue weighted by atomic mass is 10.1. The van der Waals surface area contributed by atoms with Crippen LogP contribution in [0.3, 0.4) is 0 Å². The van der Waals surface area contributed by atoms with Crippen LogP contribution in [0, 0.1) is 10.1 Å². The molecule has 0 fully saturated rings. The van der Waals surface area contributed by atoms with E-state index in [4.69, 9.17) is 0 Å². The first kappa shape index (κ1) is 15.7. The van der Waals surface area contributed by atoms with Crippen LogP contribution in [0.4, 0.5) is 5.69 Å². The fraction of sp³-hybridized carbons (Fsp3) is 0.333. The second-order valence-corrected chi connectivity index (χ2v) is 4.93. The van der Waals surface area contributed by atoms with Crippen LogP contribution in [0.2, 0.25) is 0 Å². The maximum Gasteiger partial charge on any atom is 0.269 e. The van der Waals surface area contributed by atoms with Crippen LogP contribution in [-0.4, -0.2) is 26.9 Å². The summed E-state index contributed by atoms with van der Waals surface area (Å²) in [6.45, 7) is 1.44. The average molecular weight is 302 g/mol. The SMILES string of the molecule is O=C(CCc1ccc([N+](=O)[O-])cc1)NCCCn1ccnc1. The summed E-state index contributed by atoms with van der Waals surface area (Å²) in [5.74, 6) is -0.0102. The minimum absolute atomic E-state index is 0.0102. The first-order valence-electron chi connectivity index (χ1n) is 7.11. The molecule has 1 N–H and O–H groups in total. The van der Waals surface area contributed by atoms with Gasteiger partial charge in [0, 0.05) is 44.0 Å². The molecule has 1 heterocycles. The third kappa shape index (κ3) is 5.01. The molecule has 0 radical (unpaired) electrons. The standard InChI is InChI=1S/C15H18N4O3/c20-15(17-8-1-10-18-11-9-16-12-18)7-4-13-2-5-14(6-3-13)19(21)22/h2-3,5-6,9,11-12H,1,4,7-8,10H2,(H,17,20). The summed E-state index contributed by atoms with van der Waals surface area (Å²) in [4.78, 5) is 25.8. The second-order valence-electron chi connectivity index (χ2n) is 4.93. The van der Waals surface area contributed by atoms with E-state index < -0.39 is 4.92 Å². The highest BCUT2D eigenvalue weighted by Crippen LogP contribution is 2.12. The summed E-state index contributed by atoms with van der Waals surface area (Å²) in [6, 6.07) is 6.28. The van der Waals surface area contributed by atoms with E-state index in [2.05, 4.69) is 10.3 Å². The van der Waals surface area contributed by atoms with Crippen molar-refractivity contribution in [1.82, 2.24) is 14.9 Å². The smallest absolute Gasteiger partial charge is 0.269 e. The van der Waals surface area contributed by atoms with Crippen molar-refractivity contribution in [3.8, 4) is 0 Å². The Kier molecular flexibility index (Phi) is 5.65. The van der Waals surface area contributed by atoms with E-state index in [1.165, 1.54) is 12.1 Å². The van der Waals surface area contributed by atoms with Gasteiger partial charge in [-0.15, -0.1) is 0 Å². The number of rotatable bonds is 8. The van der Waals surface area contributed by atoms with Crippen molar-refractivity contribution < 1.29 is 9.72 Å². The number of amides is 1. The van der Waals surface area contributed by atoms with E-state index in [0.29, 0.717) is 19.4 Å². The number of non-ortho nitro benzene ring substituents is 1. The molecule has 2 rings (SSSR count). The molecule has 1 aromatic heterocycles. The monoisotopic (exact) mass is 302 g/mol. The fourth-order valence-electron chi connectivity index (χ4n) is 2.04. The highest BCUT2D eigenvalue weighted by atomic mass is 16.6. The Balaban J connectivity index is 1.63. The number of imidazole rings is 1. The van der Waals surface area contributed by atoms with Crippen molar-refractivity contribution >= 4 is 11.6 Å². The van der Waals surface area contributed by atoms with E-state index in [0.717, 1.165) is 18.5 Å².